The van der Waals surface area contributed by atoms with E-state index in [4.69, 9.17) is 5.11 Å². The van der Waals surface area contributed by atoms with E-state index < -0.39 is 0 Å². The SMILES string of the molecule is Cc1ccc(C=CC(=O)N2CC(O)C2)cc1. The molecule has 2 rings (SSSR count). The van der Waals surface area contributed by atoms with Gasteiger partial charge in [0.25, 0.3) is 0 Å². The molecule has 0 saturated carbocycles. The summed E-state index contributed by atoms with van der Waals surface area (Å²) in [5.74, 6) is -0.0362. The van der Waals surface area contributed by atoms with E-state index in [2.05, 4.69) is 0 Å². The maximum absolute atomic E-state index is 11.5. The number of hydrogen-bond donors (Lipinski definition) is 1. The standard InChI is InChI=1S/C13H15NO2/c1-10-2-4-11(5-3-10)6-7-13(16)14-8-12(15)9-14/h2-7,12,15H,8-9H2,1H3. The summed E-state index contributed by atoms with van der Waals surface area (Å²) < 4.78 is 0. The molecule has 1 aromatic carbocycles. The highest BCUT2D eigenvalue weighted by atomic mass is 16.3. The molecule has 1 heterocycles. The van der Waals surface area contributed by atoms with E-state index >= 15 is 0 Å². The summed E-state index contributed by atoms with van der Waals surface area (Å²) in [5.41, 5.74) is 2.22. The molecule has 0 unspecified atom stereocenters. The summed E-state index contributed by atoms with van der Waals surface area (Å²) in [6, 6.07) is 7.98. The number of carbonyl (C=O) groups is 1. The van der Waals surface area contributed by atoms with Crippen LogP contribution in [-0.2, 0) is 4.79 Å². The largest absolute Gasteiger partial charge is 0.389 e. The van der Waals surface area contributed by atoms with Crippen molar-refractivity contribution in [1.29, 1.82) is 0 Å². The number of β-amino-alcohol motifs (C(OH)–C–C–N with tert-alkyl or cyclic N) is 1. The highest BCUT2D eigenvalue weighted by molar-refractivity contribution is 5.92. The van der Waals surface area contributed by atoms with Gasteiger partial charge in [-0.15, -0.1) is 0 Å². The van der Waals surface area contributed by atoms with Crippen molar-refractivity contribution in [3.63, 3.8) is 0 Å². The van der Waals surface area contributed by atoms with Crippen LogP contribution < -0.4 is 0 Å². The van der Waals surface area contributed by atoms with Gasteiger partial charge in [-0.05, 0) is 18.6 Å². The smallest absolute Gasteiger partial charge is 0.246 e. The molecule has 0 atom stereocenters. The minimum absolute atomic E-state index is 0.0362. The Labute approximate surface area is 95.0 Å². The Morgan fingerprint density at radius 3 is 2.56 bits per heavy atom. The summed E-state index contributed by atoms with van der Waals surface area (Å²) >= 11 is 0. The molecule has 3 nitrogen and oxygen atoms in total. The average molecular weight is 217 g/mol. The third kappa shape index (κ3) is 2.49. The molecule has 84 valence electrons. The fourth-order valence-electron chi connectivity index (χ4n) is 1.59. The number of amides is 1. The van der Waals surface area contributed by atoms with Crippen molar-refractivity contribution in [2.24, 2.45) is 0 Å². The minimum atomic E-state index is -0.336. The third-order valence-corrected chi connectivity index (χ3v) is 2.67. The molecular formula is C13H15NO2. The molecule has 0 aromatic heterocycles. The van der Waals surface area contributed by atoms with E-state index in [1.165, 1.54) is 5.56 Å². The van der Waals surface area contributed by atoms with Gasteiger partial charge in [0.05, 0.1) is 6.10 Å². The lowest BCUT2D eigenvalue weighted by Crippen LogP contribution is -2.52. The fourth-order valence-corrected chi connectivity index (χ4v) is 1.59. The number of rotatable bonds is 2. The highest BCUT2D eigenvalue weighted by Gasteiger charge is 2.26. The molecular weight excluding hydrogens is 202 g/mol. The van der Waals surface area contributed by atoms with Gasteiger partial charge in [0.15, 0.2) is 0 Å². The zero-order valence-corrected chi connectivity index (χ0v) is 9.26. The fraction of sp³-hybridized carbons (Fsp3) is 0.308. The first-order valence-electron chi connectivity index (χ1n) is 5.37. The van der Waals surface area contributed by atoms with Crippen LogP contribution in [0.15, 0.2) is 30.3 Å². The van der Waals surface area contributed by atoms with E-state index in [1.807, 2.05) is 31.2 Å². The molecule has 1 aliphatic rings. The summed E-state index contributed by atoms with van der Waals surface area (Å²) in [7, 11) is 0. The van der Waals surface area contributed by atoms with Crippen molar-refractivity contribution in [1.82, 2.24) is 4.90 Å². The van der Waals surface area contributed by atoms with Crippen LogP contribution in [0.5, 0.6) is 0 Å². The molecule has 1 saturated heterocycles. The van der Waals surface area contributed by atoms with E-state index in [0.29, 0.717) is 13.1 Å². The average Bonchev–Trinajstić information content (AvgIpc) is 2.24. The Balaban J connectivity index is 1.93. The molecule has 0 spiro atoms. The number of benzene rings is 1. The van der Waals surface area contributed by atoms with Crippen molar-refractivity contribution >= 4 is 12.0 Å². The Bertz CT molecular complexity index is 402. The van der Waals surface area contributed by atoms with Crippen LogP contribution in [-0.4, -0.2) is 35.1 Å². The monoisotopic (exact) mass is 217 g/mol. The molecule has 3 heteroatoms. The zero-order valence-electron chi connectivity index (χ0n) is 9.26. The Morgan fingerprint density at radius 2 is 2.00 bits per heavy atom. The van der Waals surface area contributed by atoms with Gasteiger partial charge in [0.1, 0.15) is 0 Å². The number of hydrogen-bond acceptors (Lipinski definition) is 2. The number of aliphatic hydroxyl groups is 1. The zero-order chi connectivity index (χ0) is 11.5. The van der Waals surface area contributed by atoms with Gasteiger partial charge in [0.2, 0.25) is 5.91 Å². The minimum Gasteiger partial charge on any atom is -0.389 e. The first-order chi connectivity index (χ1) is 7.65. The summed E-state index contributed by atoms with van der Waals surface area (Å²) in [4.78, 5) is 13.2. The van der Waals surface area contributed by atoms with Crippen LogP contribution in [0, 0.1) is 6.92 Å². The second-order valence-electron chi connectivity index (χ2n) is 4.14. The summed E-state index contributed by atoms with van der Waals surface area (Å²) in [6.07, 6.45) is 3.01. The Kier molecular flexibility index (Phi) is 3.06. The second-order valence-corrected chi connectivity index (χ2v) is 4.14. The van der Waals surface area contributed by atoms with Gasteiger partial charge in [-0.3, -0.25) is 4.79 Å². The number of nitrogens with zero attached hydrogens (tertiary/aromatic N) is 1. The van der Waals surface area contributed by atoms with Crippen molar-refractivity contribution < 1.29 is 9.90 Å². The van der Waals surface area contributed by atoms with Crippen LogP contribution >= 0.6 is 0 Å². The molecule has 0 bridgehead atoms. The lowest BCUT2D eigenvalue weighted by molar-refractivity contribution is -0.135. The number of aryl methyl sites for hydroxylation is 1. The molecule has 1 fully saturated rings. The topological polar surface area (TPSA) is 40.5 Å². The third-order valence-electron chi connectivity index (χ3n) is 2.67. The quantitative estimate of drug-likeness (QED) is 0.756. The summed E-state index contributed by atoms with van der Waals surface area (Å²) in [6.45, 7) is 2.94. The summed E-state index contributed by atoms with van der Waals surface area (Å²) in [5, 5.41) is 9.07. The van der Waals surface area contributed by atoms with Gasteiger partial charge in [-0.1, -0.05) is 29.8 Å². The molecule has 1 aromatic rings. The predicted octanol–water partition coefficient (Wildman–Crippen LogP) is 1.21. The Morgan fingerprint density at radius 1 is 1.38 bits per heavy atom. The molecule has 1 aliphatic heterocycles. The van der Waals surface area contributed by atoms with Gasteiger partial charge >= 0.3 is 0 Å². The van der Waals surface area contributed by atoms with Gasteiger partial charge in [0, 0.05) is 19.2 Å². The van der Waals surface area contributed by atoms with Gasteiger partial charge in [-0.2, -0.15) is 0 Å². The van der Waals surface area contributed by atoms with Crippen molar-refractivity contribution in [2.75, 3.05) is 13.1 Å². The van der Waals surface area contributed by atoms with Crippen LogP contribution in [0.3, 0.4) is 0 Å². The van der Waals surface area contributed by atoms with Crippen molar-refractivity contribution in [3.8, 4) is 0 Å². The molecule has 1 amide bonds. The normalized spacial score (nSPS) is 16.5. The second kappa shape index (κ2) is 4.49. The van der Waals surface area contributed by atoms with Gasteiger partial charge < -0.3 is 10.0 Å². The van der Waals surface area contributed by atoms with Crippen molar-refractivity contribution in [2.45, 2.75) is 13.0 Å². The molecule has 16 heavy (non-hydrogen) atoms. The van der Waals surface area contributed by atoms with Crippen molar-refractivity contribution in [3.05, 3.63) is 41.5 Å². The maximum atomic E-state index is 11.5. The number of likely N-dealkylation sites (tertiary alicyclic amines) is 1. The lowest BCUT2D eigenvalue weighted by Gasteiger charge is -2.34. The Hall–Kier alpha value is -1.61. The number of carbonyl (C=O) groups excluding carboxylic acids is 1. The molecule has 0 aliphatic carbocycles. The van der Waals surface area contributed by atoms with Gasteiger partial charge in [-0.25, -0.2) is 0 Å². The first-order valence-corrected chi connectivity index (χ1v) is 5.37. The number of aliphatic hydroxyl groups excluding tert-OH is 1. The highest BCUT2D eigenvalue weighted by Crippen LogP contribution is 2.09. The van der Waals surface area contributed by atoms with E-state index in [0.717, 1.165) is 5.56 Å². The maximum Gasteiger partial charge on any atom is 0.246 e. The predicted molar refractivity (Wildman–Crippen MR) is 62.8 cm³/mol. The van der Waals surface area contributed by atoms with E-state index in [1.54, 1.807) is 17.1 Å². The first kappa shape index (κ1) is 10.9. The van der Waals surface area contributed by atoms with Crippen LogP contribution in [0.25, 0.3) is 6.08 Å². The van der Waals surface area contributed by atoms with E-state index in [-0.39, 0.29) is 12.0 Å². The molecule has 1 N–H and O–H groups in total. The van der Waals surface area contributed by atoms with Crippen LogP contribution in [0.4, 0.5) is 0 Å². The molecule has 0 radical (unpaired) electrons. The lowest BCUT2D eigenvalue weighted by atomic mass is 10.1. The van der Waals surface area contributed by atoms with E-state index in [9.17, 15) is 4.79 Å². The van der Waals surface area contributed by atoms with Crippen LogP contribution in [0.1, 0.15) is 11.1 Å². The van der Waals surface area contributed by atoms with Crippen LogP contribution in [0.2, 0.25) is 0 Å².